The minimum atomic E-state index is -0.627. The van der Waals surface area contributed by atoms with Gasteiger partial charge >= 0.3 is 5.97 Å². The SMILES string of the molecule is CCOC(=O)c1cc(F)cc(Br)c1Cl. The van der Waals surface area contributed by atoms with Gasteiger partial charge < -0.3 is 4.74 Å². The Morgan fingerprint density at radius 2 is 2.29 bits per heavy atom. The predicted molar refractivity (Wildman–Crippen MR) is 55.1 cm³/mol. The van der Waals surface area contributed by atoms with Crippen molar-refractivity contribution in [1.29, 1.82) is 0 Å². The van der Waals surface area contributed by atoms with Gasteiger partial charge in [-0.2, -0.15) is 0 Å². The molecule has 0 aromatic heterocycles. The van der Waals surface area contributed by atoms with Gasteiger partial charge in [-0.05, 0) is 35.0 Å². The van der Waals surface area contributed by atoms with E-state index in [1.165, 1.54) is 6.07 Å². The highest BCUT2D eigenvalue weighted by molar-refractivity contribution is 9.10. The lowest BCUT2D eigenvalue weighted by molar-refractivity contribution is 0.0526. The summed E-state index contributed by atoms with van der Waals surface area (Å²) in [4.78, 5) is 11.3. The van der Waals surface area contributed by atoms with E-state index in [2.05, 4.69) is 15.9 Å². The molecule has 1 aromatic carbocycles. The first-order valence-electron chi connectivity index (χ1n) is 3.88. The predicted octanol–water partition coefficient (Wildman–Crippen LogP) is 3.42. The molecule has 0 aliphatic heterocycles. The van der Waals surface area contributed by atoms with Gasteiger partial charge in [0.2, 0.25) is 0 Å². The summed E-state index contributed by atoms with van der Waals surface area (Å²) < 4.78 is 18.0. The first-order valence-corrected chi connectivity index (χ1v) is 5.05. The van der Waals surface area contributed by atoms with Crippen molar-refractivity contribution >= 4 is 33.5 Å². The second-order valence-electron chi connectivity index (χ2n) is 2.47. The second kappa shape index (κ2) is 4.75. The first-order chi connectivity index (χ1) is 6.56. The first kappa shape index (κ1) is 11.5. The number of ether oxygens (including phenoxy) is 1. The van der Waals surface area contributed by atoms with Crippen LogP contribution in [0.5, 0.6) is 0 Å². The van der Waals surface area contributed by atoms with E-state index >= 15 is 0 Å². The maximum absolute atomic E-state index is 12.9. The number of carbonyl (C=O) groups excluding carboxylic acids is 1. The van der Waals surface area contributed by atoms with Crippen LogP contribution in [-0.4, -0.2) is 12.6 Å². The smallest absolute Gasteiger partial charge is 0.339 e. The summed E-state index contributed by atoms with van der Waals surface area (Å²) in [5.74, 6) is -1.16. The van der Waals surface area contributed by atoms with Crippen molar-refractivity contribution in [1.82, 2.24) is 0 Å². The molecule has 0 bridgehead atoms. The maximum atomic E-state index is 12.9. The molecule has 1 rings (SSSR count). The Bertz CT molecular complexity index is 368. The largest absolute Gasteiger partial charge is 0.462 e. The van der Waals surface area contributed by atoms with Crippen LogP contribution in [0.25, 0.3) is 0 Å². The van der Waals surface area contributed by atoms with E-state index in [1.807, 2.05) is 0 Å². The summed E-state index contributed by atoms with van der Waals surface area (Å²) in [6, 6.07) is 2.23. The zero-order valence-electron chi connectivity index (χ0n) is 7.31. The Morgan fingerprint density at radius 3 is 2.86 bits per heavy atom. The molecule has 0 aliphatic carbocycles. The highest BCUT2D eigenvalue weighted by Gasteiger charge is 2.15. The third-order valence-corrected chi connectivity index (χ3v) is 2.75. The molecule has 76 valence electrons. The highest BCUT2D eigenvalue weighted by Crippen LogP contribution is 2.28. The number of rotatable bonds is 2. The number of carbonyl (C=O) groups is 1. The molecular weight excluding hydrogens is 274 g/mol. The molecule has 0 radical (unpaired) electrons. The van der Waals surface area contributed by atoms with Gasteiger partial charge in [0.05, 0.1) is 17.2 Å². The average molecular weight is 282 g/mol. The Kier molecular flexibility index (Phi) is 3.89. The van der Waals surface area contributed by atoms with E-state index in [0.29, 0.717) is 4.47 Å². The van der Waals surface area contributed by atoms with Gasteiger partial charge in [-0.3, -0.25) is 0 Å². The van der Waals surface area contributed by atoms with Crippen LogP contribution in [0.1, 0.15) is 17.3 Å². The minimum absolute atomic E-state index is 0.0281. The maximum Gasteiger partial charge on any atom is 0.339 e. The third kappa shape index (κ3) is 2.45. The summed E-state index contributed by atoms with van der Waals surface area (Å²) in [5, 5.41) is 0.157. The van der Waals surface area contributed by atoms with E-state index in [1.54, 1.807) is 6.92 Å². The van der Waals surface area contributed by atoms with Gasteiger partial charge in [0.1, 0.15) is 5.82 Å². The molecule has 0 aliphatic rings. The Morgan fingerprint density at radius 1 is 1.64 bits per heavy atom. The summed E-state index contributed by atoms with van der Waals surface area (Å²) in [6.45, 7) is 1.89. The molecule has 0 N–H and O–H groups in total. The van der Waals surface area contributed by atoms with E-state index in [4.69, 9.17) is 16.3 Å². The summed E-state index contributed by atoms with van der Waals surface area (Å²) in [6.07, 6.45) is 0. The van der Waals surface area contributed by atoms with Crippen LogP contribution >= 0.6 is 27.5 Å². The van der Waals surface area contributed by atoms with Gasteiger partial charge in [0.25, 0.3) is 0 Å². The highest BCUT2D eigenvalue weighted by atomic mass is 79.9. The normalized spacial score (nSPS) is 10.0. The zero-order chi connectivity index (χ0) is 10.7. The molecule has 0 amide bonds. The third-order valence-electron chi connectivity index (χ3n) is 1.49. The zero-order valence-corrected chi connectivity index (χ0v) is 9.65. The van der Waals surface area contributed by atoms with Gasteiger partial charge in [-0.15, -0.1) is 0 Å². The molecule has 0 fully saturated rings. The van der Waals surface area contributed by atoms with Crippen LogP contribution in [0, 0.1) is 5.82 Å². The summed E-state index contributed by atoms with van der Waals surface area (Å²) in [7, 11) is 0. The molecule has 0 atom stereocenters. The van der Waals surface area contributed by atoms with E-state index < -0.39 is 11.8 Å². The monoisotopic (exact) mass is 280 g/mol. The molecule has 0 saturated carbocycles. The van der Waals surface area contributed by atoms with E-state index in [9.17, 15) is 9.18 Å². The fourth-order valence-electron chi connectivity index (χ4n) is 0.913. The molecule has 0 spiro atoms. The molecule has 14 heavy (non-hydrogen) atoms. The number of hydrogen-bond acceptors (Lipinski definition) is 2. The molecule has 5 heteroatoms. The quantitative estimate of drug-likeness (QED) is 0.613. The van der Waals surface area contributed by atoms with Crippen molar-refractivity contribution in [2.24, 2.45) is 0 Å². The molecule has 0 heterocycles. The average Bonchev–Trinajstić information content (AvgIpc) is 2.11. The van der Waals surface area contributed by atoms with Gasteiger partial charge in [-0.1, -0.05) is 11.6 Å². The molecule has 2 nitrogen and oxygen atoms in total. The lowest BCUT2D eigenvalue weighted by atomic mass is 10.2. The number of halogens is 3. The standard InChI is InChI=1S/C9H7BrClFO2/c1-2-14-9(13)6-3-5(12)4-7(10)8(6)11/h3-4H,2H2,1H3. The summed E-state index contributed by atoms with van der Waals surface area (Å²) in [5.41, 5.74) is 0.0281. The molecule has 0 unspecified atom stereocenters. The van der Waals surface area contributed by atoms with E-state index in [-0.39, 0.29) is 17.2 Å². The van der Waals surface area contributed by atoms with Gasteiger partial charge in [-0.25, -0.2) is 9.18 Å². The van der Waals surface area contributed by atoms with Gasteiger partial charge in [0.15, 0.2) is 0 Å². The fraction of sp³-hybridized carbons (Fsp3) is 0.222. The van der Waals surface area contributed by atoms with Crippen molar-refractivity contribution in [2.75, 3.05) is 6.61 Å². The Balaban J connectivity index is 3.13. The fourth-order valence-corrected chi connectivity index (χ4v) is 1.53. The lowest BCUT2D eigenvalue weighted by Gasteiger charge is -2.05. The number of benzene rings is 1. The Hall–Kier alpha value is -0.610. The van der Waals surface area contributed by atoms with Crippen LogP contribution in [0.15, 0.2) is 16.6 Å². The topological polar surface area (TPSA) is 26.3 Å². The molecule has 1 aromatic rings. The van der Waals surface area contributed by atoms with Crippen molar-refractivity contribution in [3.8, 4) is 0 Å². The number of hydrogen-bond donors (Lipinski definition) is 0. The van der Waals surface area contributed by atoms with Crippen LogP contribution in [0.4, 0.5) is 4.39 Å². The van der Waals surface area contributed by atoms with Crippen LogP contribution < -0.4 is 0 Å². The van der Waals surface area contributed by atoms with Crippen molar-refractivity contribution in [3.63, 3.8) is 0 Å². The number of esters is 1. The molecular formula is C9H7BrClFO2. The summed E-state index contributed by atoms with van der Waals surface area (Å²) >= 11 is 8.82. The van der Waals surface area contributed by atoms with Crippen molar-refractivity contribution < 1.29 is 13.9 Å². The minimum Gasteiger partial charge on any atom is -0.462 e. The van der Waals surface area contributed by atoms with Crippen molar-refractivity contribution in [3.05, 3.63) is 33.0 Å². The van der Waals surface area contributed by atoms with Crippen LogP contribution in [0.3, 0.4) is 0 Å². The molecule has 0 saturated heterocycles. The van der Waals surface area contributed by atoms with E-state index in [0.717, 1.165) is 6.07 Å². The van der Waals surface area contributed by atoms with Crippen LogP contribution in [-0.2, 0) is 4.74 Å². The van der Waals surface area contributed by atoms with Crippen LogP contribution in [0.2, 0.25) is 5.02 Å². The Labute approximate surface area is 94.1 Å². The second-order valence-corrected chi connectivity index (χ2v) is 3.70. The lowest BCUT2D eigenvalue weighted by Crippen LogP contribution is -2.06. The van der Waals surface area contributed by atoms with Crippen molar-refractivity contribution in [2.45, 2.75) is 6.92 Å². The van der Waals surface area contributed by atoms with Gasteiger partial charge in [0, 0.05) is 4.47 Å².